The molecule has 198 valence electrons. The minimum atomic E-state index is -1.30. The predicted octanol–water partition coefficient (Wildman–Crippen LogP) is 2.60. The molecule has 1 spiro atoms. The molecule has 5 aliphatic rings. The summed E-state index contributed by atoms with van der Waals surface area (Å²) < 4.78 is 12.4. The number of amides is 2. The Morgan fingerprint density at radius 3 is 2.53 bits per heavy atom. The van der Waals surface area contributed by atoms with Gasteiger partial charge in [0, 0.05) is 12.6 Å². The van der Waals surface area contributed by atoms with Crippen LogP contribution < -0.4 is 0 Å². The first-order valence-corrected chi connectivity index (χ1v) is 13.7. The van der Waals surface area contributed by atoms with Gasteiger partial charge < -0.3 is 24.4 Å². The van der Waals surface area contributed by atoms with Gasteiger partial charge in [0.15, 0.2) is 0 Å². The fourth-order valence-electron chi connectivity index (χ4n) is 7.34. The number of ether oxygens (including phenoxy) is 2. The Bertz CT molecular complexity index is 958. The number of nitrogens with zero attached hydrogens (tertiary/aromatic N) is 2. The van der Waals surface area contributed by atoms with Gasteiger partial charge in [-0.3, -0.25) is 14.4 Å². The number of fused-ring (bicyclic) bond motifs is 2. The first kappa shape index (κ1) is 25.5. The Morgan fingerprint density at radius 2 is 1.83 bits per heavy atom. The van der Waals surface area contributed by atoms with Crippen molar-refractivity contribution in [1.29, 1.82) is 0 Å². The van der Waals surface area contributed by atoms with Crippen molar-refractivity contribution in [3.63, 3.8) is 0 Å². The topological polar surface area (TPSA) is 96.4 Å². The molecule has 5 rings (SSSR count). The molecule has 0 aromatic rings. The molecule has 0 bridgehead atoms. The van der Waals surface area contributed by atoms with E-state index in [1.165, 1.54) is 6.42 Å². The highest BCUT2D eigenvalue weighted by molar-refractivity contribution is 5.99. The summed E-state index contributed by atoms with van der Waals surface area (Å²) in [5.41, 5.74) is -2.37. The summed E-state index contributed by atoms with van der Waals surface area (Å²) >= 11 is 0. The molecule has 8 nitrogen and oxygen atoms in total. The number of aliphatic hydroxyl groups excluding tert-OH is 1. The first-order chi connectivity index (χ1) is 17.3. The summed E-state index contributed by atoms with van der Waals surface area (Å²) in [4.78, 5) is 45.7. The molecule has 0 radical (unpaired) electrons. The highest BCUT2D eigenvalue weighted by atomic mass is 16.6. The average molecular weight is 501 g/mol. The average Bonchev–Trinajstić information content (AvgIpc) is 3.19. The second kappa shape index (κ2) is 9.60. The molecule has 3 fully saturated rings. The van der Waals surface area contributed by atoms with E-state index in [1.807, 2.05) is 50.0 Å². The summed E-state index contributed by atoms with van der Waals surface area (Å²) in [6, 6.07) is -1.37. The van der Waals surface area contributed by atoms with E-state index in [2.05, 4.69) is 0 Å². The predicted molar refractivity (Wildman–Crippen MR) is 133 cm³/mol. The van der Waals surface area contributed by atoms with Crippen LogP contribution in [0.5, 0.6) is 0 Å². The van der Waals surface area contributed by atoms with Gasteiger partial charge in [0.2, 0.25) is 11.8 Å². The Labute approximate surface area is 213 Å². The molecule has 1 unspecified atom stereocenters. The lowest BCUT2D eigenvalue weighted by Gasteiger charge is -2.43. The Hall–Kier alpha value is -2.19. The zero-order valence-corrected chi connectivity index (χ0v) is 21.7. The SMILES string of the molecule is CC[C@H](C)[C@H](CO)N1C(=O)[C@@H]2[C@H]3C(=O)OCCC=C[C@@]3(C)O[C@@]23C=CCN(C2CCCCC2)C(=O)C13. The second-order valence-electron chi connectivity index (χ2n) is 11.4. The highest BCUT2D eigenvalue weighted by Gasteiger charge is 2.75. The lowest BCUT2D eigenvalue weighted by atomic mass is 9.74. The van der Waals surface area contributed by atoms with Crippen LogP contribution in [0.1, 0.15) is 65.7 Å². The van der Waals surface area contributed by atoms with Crippen LogP contribution in [0, 0.1) is 17.8 Å². The number of aliphatic hydroxyl groups is 1. The Balaban J connectivity index is 1.65. The zero-order valence-electron chi connectivity index (χ0n) is 21.7. The van der Waals surface area contributed by atoms with E-state index in [0.29, 0.717) is 13.0 Å². The van der Waals surface area contributed by atoms with E-state index in [9.17, 15) is 19.5 Å². The van der Waals surface area contributed by atoms with E-state index < -0.39 is 41.1 Å². The Kier molecular flexibility index (Phi) is 6.79. The number of hydrogen-bond donors (Lipinski definition) is 1. The molecule has 1 aliphatic carbocycles. The molecule has 36 heavy (non-hydrogen) atoms. The van der Waals surface area contributed by atoms with Gasteiger partial charge in [-0.15, -0.1) is 0 Å². The fourth-order valence-corrected chi connectivity index (χ4v) is 7.34. The zero-order chi connectivity index (χ0) is 25.7. The summed E-state index contributed by atoms with van der Waals surface area (Å²) in [6.45, 7) is 6.27. The molecule has 1 saturated carbocycles. The van der Waals surface area contributed by atoms with Crippen molar-refractivity contribution in [2.75, 3.05) is 19.8 Å². The lowest BCUT2D eigenvalue weighted by molar-refractivity contribution is -0.163. The van der Waals surface area contributed by atoms with Crippen LogP contribution in [-0.2, 0) is 23.9 Å². The van der Waals surface area contributed by atoms with Gasteiger partial charge in [-0.25, -0.2) is 0 Å². The molecule has 7 atom stereocenters. The van der Waals surface area contributed by atoms with Crippen molar-refractivity contribution >= 4 is 17.8 Å². The van der Waals surface area contributed by atoms with Crippen LogP contribution in [0.3, 0.4) is 0 Å². The molecular formula is C28H40N2O6. The van der Waals surface area contributed by atoms with Gasteiger partial charge in [0.25, 0.3) is 0 Å². The highest BCUT2D eigenvalue weighted by Crippen LogP contribution is 2.58. The molecule has 2 amide bonds. The van der Waals surface area contributed by atoms with Crippen LogP contribution in [0.25, 0.3) is 0 Å². The Morgan fingerprint density at radius 1 is 1.08 bits per heavy atom. The summed E-state index contributed by atoms with van der Waals surface area (Å²) in [7, 11) is 0. The molecule has 2 saturated heterocycles. The largest absolute Gasteiger partial charge is 0.465 e. The van der Waals surface area contributed by atoms with Gasteiger partial charge in [0.05, 0.1) is 30.8 Å². The molecule has 1 N–H and O–H groups in total. The maximum absolute atomic E-state index is 14.5. The van der Waals surface area contributed by atoms with Gasteiger partial charge in [-0.1, -0.05) is 63.8 Å². The summed E-state index contributed by atoms with van der Waals surface area (Å²) in [5.74, 6) is -2.71. The first-order valence-electron chi connectivity index (χ1n) is 13.7. The third kappa shape index (κ3) is 3.74. The van der Waals surface area contributed by atoms with Crippen molar-refractivity contribution in [2.24, 2.45) is 17.8 Å². The fraction of sp³-hybridized carbons (Fsp3) is 0.750. The number of likely N-dealkylation sites (tertiary alicyclic amines) is 1. The van der Waals surface area contributed by atoms with E-state index >= 15 is 0 Å². The van der Waals surface area contributed by atoms with Crippen molar-refractivity contribution in [2.45, 2.75) is 95.0 Å². The van der Waals surface area contributed by atoms with Crippen LogP contribution in [-0.4, -0.2) is 81.8 Å². The lowest BCUT2D eigenvalue weighted by Crippen LogP contribution is -2.61. The number of cyclic esters (lactones) is 1. The molecule has 0 aromatic carbocycles. The minimum Gasteiger partial charge on any atom is -0.465 e. The third-order valence-corrected chi connectivity index (χ3v) is 9.35. The molecular weight excluding hydrogens is 460 g/mol. The number of carbonyl (C=O) groups is 3. The van der Waals surface area contributed by atoms with Gasteiger partial charge in [0.1, 0.15) is 17.6 Å². The van der Waals surface area contributed by atoms with Crippen LogP contribution in [0.15, 0.2) is 24.3 Å². The number of hydrogen-bond acceptors (Lipinski definition) is 6. The van der Waals surface area contributed by atoms with Gasteiger partial charge >= 0.3 is 5.97 Å². The molecule has 4 aliphatic heterocycles. The maximum Gasteiger partial charge on any atom is 0.313 e. The maximum atomic E-state index is 14.5. The van der Waals surface area contributed by atoms with Crippen LogP contribution in [0.4, 0.5) is 0 Å². The number of rotatable bonds is 5. The molecule has 4 heterocycles. The minimum absolute atomic E-state index is 0.0337. The third-order valence-electron chi connectivity index (χ3n) is 9.35. The van der Waals surface area contributed by atoms with Crippen LogP contribution >= 0.6 is 0 Å². The summed E-state index contributed by atoms with van der Waals surface area (Å²) in [5, 5.41) is 10.5. The van der Waals surface area contributed by atoms with Crippen molar-refractivity contribution in [1.82, 2.24) is 9.80 Å². The van der Waals surface area contributed by atoms with E-state index in [1.54, 1.807) is 4.90 Å². The number of esters is 1. The second-order valence-corrected chi connectivity index (χ2v) is 11.4. The van der Waals surface area contributed by atoms with Crippen LogP contribution in [0.2, 0.25) is 0 Å². The van der Waals surface area contributed by atoms with Gasteiger partial charge in [-0.05, 0) is 32.1 Å². The van der Waals surface area contributed by atoms with Crippen molar-refractivity contribution in [3.05, 3.63) is 24.3 Å². The van der Waals surface area contributed by atoms with E-state index in [4.69, 9.17) is 9.47 Å². The van der Waals surface area contributed by atoms with Gasteiger partial charge in [-0.2, -0.15) is 0 Å². The van der Waals surface area contributed by atoms with Crippen molar-refractivity contribution in [3.8, 4) is 0 Å². The monoisotopic (exact) mass is 500 g/mol. The molecule has 8 heteroatoms. The smallest absolute Gasteiger partial charge is 0.313 e. The standard InChI is InChI=1S/C28H40N2O6/c1-4-18(2)20(17-31)30-23-25(33)29(19-11-6-5-7-12-19)15-10-14-28(23)21(24(30)32)22-26(34)35-16-9-8-13-27(22,3)36-28/h8,10,13-14,18-23,31H,4-7,9,11-12,15-17H2,1-3H3/t18-,20-,21-,22-,23?,27+,28-/m0/s1. The van der Waals surface area contributed by atoms with E-state index in [0.717, 1.165) is 32.1 Å². The van der Waals surface area contributed by atoms with E-state index in [-0.39, 0.29) is 37.0 Å². The molecule has 0 aromatic heterocycles. The number of carbonyl (C=O) groups excluding carboxylic acids is 3. The van der Waals surface area contributed by atoms with Crippen molar-refractivity contribution < 1.29 is 29.0 Å². The quantitative estimate of drug-likeness (QED) is 0.461. The normalized spacial score (nSPS) is 38.6. The summed E-state index contributed by atoms with van der Waals surface area (Å²) in [6.07, 6.45) is 14.2.